The molecule has 15 heavy (non-hydrogen) atoms. The number of fused-ring (bicyclic) bond motifs is 1. The largest absolute Gasteiger partial charge is 0.265 e. The Kier molecular flexibility index (Phi) is 2.87. The lowest BCUT2D eigenvalue weighted by Gasteiger charge is -2.05. The van der Waals surface area contributed by atoms with E-state index >= 15 is 0 Å². The highest BCUT2D eigenvalue weighted by Gasteiger charge is 2.01. The number of hydrogen-bond acceptors (Lipinski definition) is 1. The van der Waals surface area contributed by atoms with Gasteiger partial charge in [-0.3, -0.25) is 4.99 Å². The van der Waals surface area contributed by atoms with Crippen LogP contribution in [-0.4, -0.2) is 6.72 Å². The molecular weight excluding hydrogens is 250 g/mol. The second-order valence-electron chi connectivity index (χ2n) is 3.49. The average Bonchev–Trinajstić information content (AvgIpc) is 2.28. The number of nitrogens with zero attached hydrogens (tertiary/aromatic N) is 1. The molecule has 0 amide bonds. The van der Waals surface area contributed by atoms with Crippen LogP contribution in [0, 0.1) is 0 Å². The molecule has 0 spiro atoms. The molecule has 1 nitrogen and oxygen atoms in total. The van der Waals surface area contributed by atoms with Crippen LogP contribution >= 0.6 is 15.9 Å². The molecule has 0 saturated heterocycles. The normalized spacial score (nSPS) is 10.5. The maximum absolute atomic E-state index is 3.93. The van der Waals surface area contributed by atoms with Crippen molar-refractivity contribution in [2.24, 2.45) is 4.99 Å². The van der Waals surface area contributed by atoms with Crippen molar-refractivity contribution in [1.29, 1.82) is 0 Å². The highest BCUT2D eigenvalue weighted by molar-refractivity contribution is 9.10. The molecule has 2 aromatic carbocycles. The van der Waals surface area contributed by atoms with E-state index in [1.165, 1.54) is 16.3 Å². The third kappa shape index (κ3) is 1.95. The Morgan fingerprint density at radius 1 is 1.27 bits per heavy atom. The Bertz CT molecular complexity index is 517. The van der Waals surface area contributed by atoms with Crippen molar-refractivity contribution in [1.82, 2.24) is 0 Å². The summed E-state index contributed by atoms with van der Waals surface area (Å²) in [6, 6.07) is 10.5. The van der Waals surface area contributed by atoms with E-state index < -0.39 is 0 Å². The van der Waals surface area contributed by atoms with Gasteiger partial charge in [0.25, 0.3) is 0 Å². The molecule has 76 valence electrons. The molecule has 0 radical (unpaired) electrons. The van der Waals surface area contributed by atoms with E-state index in [9.17, 15) is 0 Å². The highest BCUT2D eigenvalue weighted by atomic mass is 79.9. The standard InChI is InChI=1S/C13H12BrN/c1-3-9-6-10-4-5-11(15-2)8-12(10)13(14)7-9/h4-8H,2-3H2,1H3. The first kappa shape index (κ1) is 10.4. The fourth-order valence-corrected chi connectivity index (χ4v) is 2.30. The number of aliphatic imine (C=N–C) groups is 1. The van der Waals surface area contributed by atoms with E-state index in [0.29, 0.717) is 0 Å². The van der Waals surface area contributed by atoms with Crippen LogP contribution in [-0.2, 0) is 6.42 Å². The molecule has 2 heteroatoms. The monoisotopic (exact) mass is 261 g/mol. The summed E-state index contributed by atoms with van der Waals surface area (Å²) in [6.45, 7) is 5.70. The Hall–Kier alpha value is -1.15. The fraction of sp³-hybridized carbons (Fsp3) is 0.154. The predicted molar refractivity (Wildman–Crippen MR) is 70.2 cm³/mol. The van der Waals surface area contributed by atoms with Gasteiger partial charge in [-0.25, -0.2) is 0 Å². The minimum atomic E-state index is 0.910. The summed E-state index contributed by atoms with van der Waals surface area (Å²) in [4.78, 5) is 3.93. The first-order valence-corrected chi connectivity index (χ1v) is 5.73. The third-order valence-corrected chi connectivity index (χ3v) is 3.19. The molecule has 0 heterocycles. The molecular formula is C13H12BrN. The van der Waals surface area contributed by atoms with Crippen molar-refractivity contribution < 1.29 is 0 Å². The topological polar surface area (TPSA) is 12.4 Å². The third-order valence-electron chi connectivity index (χ3n) is 2.54. The molecule has 0 aliphatic rings. The minimum absolute atomic E-state index is 0.910. The van der Waals surface area contributed by atoms with Gasteiger partial charge in [0.1, 0.15) is 0 Å². The van der Waals surface area contributed by atoms with Crippen molar-refractivity contribution >= 4 is 39.1 Å². The maximum atomic E-state index is 3.93. The van der Waals surface area contributed by atoms with Gasteiger partial charge in [-0.2, -0.15) is 0 Å². The van der Waals surface area contributed by atoms with Crippen LogP contribution in [0.25, 0.3) is 10.8 Å². The minimum Gasteiger partial charge on any atom is -0.265 e. The highest BCUT2D eigenvalue weighted by Crippen LogP contribution is 2.29. The van der Waals surface area contributed by atoms with Crippen molar-refractivity contribution in [3.8, 4) is 0 Å². The van der Waals surface area contributed by atoms with Crippen LogP contribution in [0.15, 0.2) is 39.8 Å². The Morgan fingerprint density at radius 3 is 2.73 bits per heavy atom. The van der Waals surface area contributed by atoms with Gasteiger partial charge in [-0.05, 0) is 47.7 Å². The first-order chi connectivity index (χ1) is 7.24. The lowest BCUT2D eigenvalue weighted by molar-refractivity contribution is 1.14. The lowest BCUT2D eigenvalue weighted by atomic mass is 10.1. The van der Waals surface area contributed by atoms with Crippen LogP contribution in [0.3, 0.4) is 0 Å². The first-order valence-electron chi connectivity index (χ1n) is 4.93. The van der Waals surface area contributed by atoms with E-state index in [1.807, 2.05) is 12.1 Å². The summed E-state index contributed by atoms with van der Waals surface area (Å²) in [5.41, 5.74) is 2.25. The molecule has 0 saturated carbocycles. The van der Waals surface area contributed by atoms with E-state index in [1.54, 1.807) is 0 Å². The van der Waals surface area contributed by atoms with Gasteiger partial charge in [0.05, 0.1) is 5.69 Å². The van der Waals surface area contributed by atoms with Crippen LogP contribution < -0.4 is 0 Å². The molecule has 0 atom stereocenters. The zero-order chi connectivity index (χ0) is 10.8. The molecule has 0 aromatic heterocycles. The zero-order valence-corrected chi connectivity index (χ0v) is 10.2. The molecule has 0 fully saturated rings. The number of rotatable bonds is 2. The average molecular weight is 262 g/mol. The van der Waals surface area contributed by atoms with Gasteiger partial charge in [0.15, 0.2) is 0 Å². The van der Waals surface area contributed by atoms with Crippen LogP contribution in [0.2, 0.25) is 0 Å². The maximum Gasteiger partial charge on any atom is 0.0629 e. The Morgan fingerprint density at radius 2 is 2.07 bits per heavy atom. The molecule has 0 aliphatic heterocycles. The van der Waals surface area contributed by atoms with Crippen molar-refractivity contribution in [2.45, 2.75) is 13.3 Å². The quantitative estimate of drug-likeness (QED) is 0.707. The van der Waals surface area contributed by atoms with Crippen molar-refractivity contribution in [2.75, 3.05) is 0 Å². The number of aryl methyl sites for hydroxylation is 1. The van der Waals surface area contributed by atoms with Crippen LogP contribution in [0.5, 0.6) is 0 Å². The van der Waals surface area contributed by atoms with Crippen LogP contribution in [0.4, 0.5) is 5.69 Å². The molecule has 0 aliphatic carbocycles. The van der Waals surface area contributed by atoms with Crippen LogP contribution in [0.1, 0.15) is 12.5 Å². The fourth-order valence-electron chi connectivity index (χ4n) is 1.66. The summed E-state index contributed by atoms with van der Waals surface area (Å²) in [5, 5.41) is 2.44. The summed E-state index contributed by atoms with van der Waals surface area (Å²) in [7, 11) is 0. The van der Waals surface area contributed by atoms with Gasteiger partial charge in [-0.15, -0.1) is 0 Å². The molecule has 2 rings (SSSR count). The van der Waals surface area contributed by atoms with Crippen molar-refractivity contribution in [3.63, 3.8) is 0 Å². The smallest absolute Gasteiger partial charge is 0.0629 e. The summed E-state index contributed by atoms with van der Waals surface area (Å²) in [5.74, 6) is 0. The number of hydrogen-bond donors (Lipinski definition) is 0. The van der Waals surface area contributed by atoms with E-state index in [0.717, 1.165) is 16.6 Å². The summed E-state index contributed by atoms with van der Waals surface area (Å²) in [6.07, 6.45) is 1.05. The van der Waals surface area contributed by atoms with Gasteiger partial charge in [0.2, 0.25) is 0 Å². The second kappa shape index (κ2) is 4.15. The summed E-state index contributed by atoms with van der Waals surface area (Å²) >= 11 is 3.59. The van der Waals surface area contributed by atoms with Gasteiger partial charge >= 0.3 is 0 Å². The molecule has 2 aromatic rings. The Labute approximate surface area is 98.0 Å². The SMILES string of the molecule is C=Nc1ccc2cc(CC)cc(Br)c2c1. The van der Waals surface area contributed by atoms with Gasteiger partial charge in [0, 0.05) is 4.47 Å². The van der Waals surface area contributed by atoms with E-state index in [-0.39, 0.29) is 0 Å². The second-order valence-corrected chi connectivity index (χ2v) is 4.35. The van der Waals surface area contributed by atoms with Crippen molar-refractivity contribution in [3.05, 3.63) is 40.4 Å². The zero-order valence-electron chi connectivity index (χ0n) is 8.63. The molecule has 0 N–H and O–H groups in total. The molecule has 0 unspecified atom stereocenters. The van der Waals surface area contributed by atoms with E-state index in [2.05, 4.69) is 52.8 Å². The van der Waals surface area contributed by atoms with E-state index in [4.69, 9.17) is 0 Å². The van der Waals surface area contributed by atoms with Gasteiger partial charge in [-0.1, -0.05) is 35.0 Å². The predicted octanol–water partition coefficient (Wildman–Crippen LogP) is 4.50. The Balaban J connectivity index is 2.73. The van der Waals surface area contributed by atoms with Gasteiger partial charge < -0.3 is 0 Å². The number of halogens is 1. The lowest BCUT2D eigenvalue weighted by Crippen LogP contribution is -1.82. The number of benzene rings is 2. The summed E-state index contributed by atoms with van der Waals surface area (Å²) < 4.78 is 1.13. The molecule has 0 bridgehead atoms.